The number of hydrogen-bond acceptors (Lipinski definition) is 3. The van der Waals surface area contributed by atoms with Gasteiger partial charge in [0.05, 0.1) is 5.75 Å². The number of benzene rings is 1. The van der Waals surface area contributed by atoms with Gasteiger partial charge in [0, 0.05) is 6.54 Å². The summed E-state index contributed by atoms with van der Waals surface area (Å²) < 4.78 is 26.9. The molecule has 1 fully saturated rings. The fourth-order valence-corrected chi connectivity index (χ4v) is 4.27. The average Bonchev–Trinajstić information content (AvgIpc) is 2.48. The molecule has 0 saturated carbocycles. The topological polar surface area (TPSA) is 58.2 Å². The Hall–Kier alpha value is -0.910. The quantitative estimate of drug-likeness (QED) is 0.811. The standard InChI is InChI=1S/C16H26N2O2S/c1-14(16-7-3-2-4-8-16)9-11-18-21(19,20)13-15-6-5-10-17-12-15/h2-4,7-8,14-15,17-18H,5-6,9-13H2,1H3. The molecule has 21 heavy (non-hydrogen) atoms. The highest BCUT2D eigenvalue weighted by Crippen LogP contribution is 2.18. The van der Waals surface area contributed by atoms with Crippen LogP contribution in [0.25, 0.3) is 0 Å². The Morgan fingerprint density at radius 3 is 2.76 bits per heavy atom. The van der Waals surface area contributed by atoms with Gasteiger partial charge in [-0.15, -0.1) is 0 Å². The second-order valence-corrected chi connectivity index (χ2v) is 7.84. The van der Waals surface area contributed by atoms with E-state index in [4.69, 9.17) is 0 Å². The number of hydrogen-bond donors (Lipinski definition) is 2. The predicted molar refractivity (Wildman–Crippen MR) is 86.9 cm³/mol. The third-order valence-corrected chi connectivity index (χ3v) is 5.68. The summed E-state index contributed by atoms with van der Waals surface area (Å²) in [7, 11) is -3.15. The third-order valence-electron chi connectivity index (χ3n) is 4.12. The van der Waals surface area contributed by atoms with Crippen LogP contribution in [0.15, 0.2) is 30.3 Å². The van der Waals surface area contributed by atoms with Crippen molar-refractivity contribution in [1.82, 2.24) is 10.0 Å². The van der Waals surface area contributed by atoms with Crippen molar-refractivity contribution in [2.24, 2.45) is 5.92 Å². The van der Waals surface area contributed by atoms with Crippen LogP contribution in [-0.4, -0.2) is 33.8 Å². The molecule has 1 aromatic rings. The molecule has 1 aliphatic rings. The molecular formula is C16H26N2O2S. The van der Waals surface area contributed by atoms with Crippen molar-refractivity contribution in [3.8, 4) is 0 Å². The lowest BCUT2D eigenvalue weighted by Gasteiger charge is -2.22. The van der Waals surface area contributed by atoms with Gasteiger partial charge < -0.3 is 5.32 Å². The van der Waals surface area contributed by atoms with E-state index in [2.05, 4.69) is 29.1 Å². The highest BCUT2D eigenvalue weighted by atomic mass is 32.2. The van der Waals surface area contributed by atoms with Crippen molar-refractivity contribution in [2.75, 3.05) is 25.4 Å². The first kappa shape index (κ1) is 16.5. The molecule has 4 nitrogen and oxygen atoms in total. The molecule has 1 aromatic carbocycles. The lowest BCUT2D eigenvalue weighted by Crippen LogP contribution is -2.38. The Morgan fingerprint density at radius 2 is 2.10 bits per heavy atom. The van der Waals surface area contributed by atoms with Crippen molar-refractivity contribution < 1.29 is 8.42 Å². The van der Waals surface area contributed by atoms with Crippen LogP contribution < -0.4 is 10.0 Å². The lowest BCUT2D eigenvalue weighted by molar-refractivity contribution is 0.402. The maximum Gasteiger partial charge on any atom is 0.211 e. The van der Waals surface area contributed by atoms with Crippen LogP contribution in [0.1, 0.15) is 37.7 Å². The zero-order valence-corrected chi connectivity index (χ0v) is 13.5. The highest BCUT2D eigenvalue weighted by molar-refractivity contribution is 7.89. The number of piperidine rings is 1. The van der Waals surface area contributed by atoms with Crippen LogP contribution in [0.4, 0.5) is 0 Å². The summed E-state index contributed by atoms with van der Waals surface area (Å²) in [5.41, 5.74) is 1.26. The molecule has 2 atom stereocenters. The summed E-state index contributed by atoms with van der Waals surface area (Å²) in [4.78, 5) is 0. The van der Waals surface area contributed by atoms with E-state index in [0.29, 0.717) is 12.5 Å². The SMILES string of the molecule is CC(CCNS(=O)(=O)CC1CCCNC1)c1ccccc1. The average molecular weight is 310 g/mol. The van der Waals surface area contributed by atoms with Crippen molar-refractivity contribution in [1.29, 1.82) is 0 Å². The summed E-state index contributed by atoms with van der Waals surface area (Å²) in [5.74, 6) is 0.868. The van der Waals surface area contributed by atoms with Crippen molar-refractivity contribution in [3.63, 3.8) is 0 Å². The van der Waals surface area contributed by atoms with E-state index in [1.165, 1.54) is 5.56 Å². The van der Waals surface area contributed by atoms with Gasteiger partial charge in [0.15, 0.2) is 0 Å². The molecule has 2 unspecified atom stereocenters. The second kappa shape index (κ2) is 7.92. The van der Waals surface area contributed by atoms with Crippen LogP contribution in [-0.2, 0) is 10.0 Å². The normalized spacial score (nSPS) is 21.1. The summed E-state index contributed by atoms with van der Waals surface area (Å²) in [5, 5.41) is 3.26. The molecule has 0 spiro atoms. The first-order valence-corrected chi connectivity index (χ1v) is 9.45. The molecule has 5 heteroatoms. The van der Waals surface area contributed by atoms with Gasteiger partial charge in [-0.1, -0.05) is 37.3 Å². The Bertz CT molecular complexity index is 510. The maximum atomic E-state index is 12.1. The van der Waals surface area contributed by atoms with E-state index < -0.39 is 10.0 Å². The summed E-state index contributed by atoms with van der Waals surface area (Å²) >= 11 is 0. The smallest absolute Gasteiger partial charge is 0.211 e. The van der Waals surface area contributed by atoms with Crippen LogP contribution in [0, 0.1) is 5.92 Å². The van der Waals surface area contributed by atoms with Gasteiger partial charge in [-0.05, 0) is 49.8 Å². The van der Waals surface area contributed by atoms with Crippen molar-refractivity contribution >= 4 is 10.0 Å². The largest absolute Gasteiger partial charge is 0.316 e. The number of nitrogens with one attached hydrogen (secondary N) is 2. The monoisotopic (exact) mass is 310 g/mol. The van der Waals surface area contributed by atoms with Crippen LogP contribution in [0.3, 0.4) is 0 Å². The minimum Gasteiger partial charge on any atom is -0.316 e. The van der Waals surface area contributed by atoms with E-state index in [9.17, 15) is 8.42 Å². The first-order valence-electron chi connectivity index (χ1n) is 7.80. The molecule has 0 bridgehead atoms. The van der Waals surface area contributed by atoms with E-state index in [0.717, 1.165) is 32.4 Å². The summed E-state index contributed by atoms with van der Waals surface area (Å²) in [6.07, 6.45) is 2.91. The minimum absolute atomic E-state index is 0.250. The number of rotatable bonds is 7. The Kier molecular flexibility index (Phi) is 6.21. The molecular weight excluding hydrogens is 284 g/mol. The molecule has 0 radical (unpaired) electrons. The second-order valence-electron chi connectivity index (χ2n) is 5.99. The van der Waals surface area contributed by atoms with Crippen LogP contribution >= 0.6 is 0 Å². The predicted octanol–water partition coefficient (Wildman–Crippen LogP) is 2.10. The van der Waals surface area contributed by atoms with E-state index in [-0.39, 0.29) is 11.7 Å². The van der Waals surface area contributed by atoms with Gasteiger partial charge >= 0.3 is 0 Å². The molecule has 0 aliphatic carbocycles. The summed E-state index contributed by atoms with van der Waals surface area (Å²) in [6.45, 7) is 4.48. The first-order chi connectivity index (χ1) is 10.1. The third kappa shape index (κ3) is 5.77. The Morgan fingerprint density at radius 1 is 1.33 bits per heavy atom. The Balaban J connectivity index is 1.74. The number of sulfonamides is 1. The molecule has 2 N–H and O–H groups in total. The van der Waals surface area contributed by atoms with Gasteiger partial charge in [0.1, 0.15) is 0 Å². The molecule has 1 aliphatic heterocycles. The summed E-state index contributed by atoms with van der Waals surface area (Å²) in [6, 6.07) is 10.2. The van der Waals surface area contributed by atoms with Crippen molar-refractivity contribution in [2.45, 2.75) is 32.1 Å². The van der Waals surface area contributed by atoms with E-state index in [1.807, 2.05) is 18.2 Å². The maximum absolute atomic E-state index is 12.1. The highest BCUT2D eigenvalue weighted by Gasteiger charge is 2.20. The fourth-order valence-electron chi connectivity index (χ4n) is 2.81. The molecule has 0 amide bonds. The van der Waals surface area contributed by atoms with Gasteiger partial charge in [-0.3, -0.25) is 0 Å². The molecule has 118 valence electrons. The molecule has 2 rings (SSSR count). The Labute approximate surface area is 128 Å². The zero-order valence-electron chi connectivity index (χ0n) is 12.7. The zero-order chi connectivity index (χ0) is 15.1. The van der Waals surface area contributed by atoms with Gasteiger partial charge in [-0.2, -0.15) is 0 Å². The fraction of sp³-hybridized carbons (Fsp3) is 0.625. The van der Waals surface area contributed by atoms with Crippen LogP contribution in [0.5, 0.6) is 0 Å². The van der Waals surface area contributed by atoms with Gasteiger partial charge in [0.2, 0.25) is 10.0 Å². The van der Waals surface area contributed by atoms with Gasteiger partial charge in [-0.25, -0.2) is 13.1 Å². The molecule has 1 heterocycles. The van der Waals surface area contributed by atoms with E-state index in [1.54, 1.807) is 0 Å². The molecule has 0 aromatic heterocycles. The lowest BCUT2D eigenvalue weighted by atomic mass is 9.98. The minimum atomic E-state index is -3.15. The van der Waals surface area contributed by atoms with Crippen LogP contribution in [0.2, 0.25) is 0 Å². The van der Waals surface area contributed by atoms with Gasteiger partial charge in [0.25, 0.3) is 0 Å². The van der Waals surface area contributed by atoms with E-state index >= 15 is 0 Å². The van der Waals surface area contributed by atoms with Crippen molar-refractivity contribution in [3.05, 3.63) is 35.9 Å². The molecule has 1 saturated heterocycles.